The molecule has 0 amide bonds. The number of aromatic nitrogens is 4. The number of fused-ring (bicyclic) bond motifs is 3. The van der Waals surface area contributed by atoms with Crippen molar-refractivity contribution in [3.8, 4) is 16.9 Å². The van der Waals surface area contributed by atoms with E-state index in [-0.39, 0.29) is 5.75 Å². The quantitative estimate of drug-likeness (QED) is 0.366. The van der Waals surface area contributed by atoms with Crippen LogP contribution in [0.4, 0.5) is 13.8 Å². The number of alkyl halides is 2. The number of pyridine rings is 1. The smallest absolute Gasteiger partial charge is 0.387 e. The minimum atomic E-state index is -2.83. The fourth-order valence-electron chi connectivity index (χ4n) is 5.64. The van der Waals surface area contributed by atoms with E-state index in [0.29, 0.717) is 17.8 Å². The average Bonchev–Trinajstić information content (AvgIpc) is 3.49. The summed E-state index contributed by atoms with van der Waals surface area (Å²) in [6, 6.07) is 12.8. The van der Waals surface area contributed by atoms with Crippen LogP contribution in [-0.2, 0) is 6.42 Å². The number of aryl methyl sites for hydroxylation is 1. The van der Waals surface area contributed by atoms with Gasteiger partial charge in [0.25, 0.3) is 0 Å². The fourth-order valence-corrected chi connectivity index (χ4v) is 6.41. The van der Waals surface area contributed by atoms with Gasteiger partial charge in [-0.2, -0.15) is 18.3 Å². The Morgan fingerprint density at radius 3 is 2.56 bits per heavy atom. The van der Waals surface area contributed by atoms with Gasteiger partial charge in [0.1, 0.15) is 10.8 Å². The highest BCUT2D eigenvalue weighted by molar-refractivity contribution is 7.10. The van der Waals surface area contributed by atoms with Crippen molar-refractivity contribution in [3.05, 3.63) is 60.2 Å². The summed E-state index contributed by atoms with van der Waals surface area (Å²) in [5, 5.41) is 6.07. The van der Waals surface area contributed by atoms with Gasteiger partial charge in [0.05, 0.1) is 5.69 Å². The second-order valence-electron chi connectivity index (χ2n) is 9.30. The van der Waals surface area contributed by atoms with Crippen molar-refractivity contribution in [2.75, 3.05) is 18.0 Å². The SMILES string of the molecule is Cc1cc(N2C[C@H]3CC[C@@H](C2)C3Cc2nc3c(-c4ccc(OC(F)F)cc4)cccn3n2)sn1. The molecule has 1 aliphatic heterocycles. The van der Waals surface area contributed by atoms with Gasteiger partial charge in [-0.1, -0.05) is 12.1 Å². The van der Waals surface area contributed by atoms with E-state index in [4.69, 9.17) is 10.1 Å². The van der Waals surface area contributed by atoms with Crippen molar-refractivity contribution < 1.29 is 13.5 Å². The Hall–Kier alpha value is -3.07. The van der Waals surface area contributed by atoms with Crippen LogP contribution in [-0.4, -0.2) is 38.7 Å². The van der Waals surface area contributed by atoms with E-state index in [1.54, 1.807) is 35.8 Å². The summed E-state index contributed by atoms with van der Waals surface area (Å²) >= 11 is 1.60. The zero-order valence-electron chi connectivity index (χ0n) is 18.8. The molecule has 4 heterocycles. The van der Waals surface area contributed by atoms with Crippen molar-refractivity contribution in [3.63, 3.8) is 0 Å². The lowest BCUT2D eigenvalue weighted by Crippen LogP contribution is -2.42. The first-order valence-corrected chi connectivity index (χ1v) is 12.4. The van der Waals surface area contributed by atoms with Crippen LogP contribution in [0.5, 0.6) is 5.75 Å². The Kier molecular flexibility index (Phi) is 5.44. The molecule has 1 unspecified atom stereocenters. The summed E-state index contributed by atoms with van der Waals surface area (Å²) in [5.74, 6) is 2.90. The molecule has 34 heavy (non-hydrogen) atoms. The molecule has 3 atom stereocenters. The van der Waals surface area contributed by atoms with Crippen LogP contribution < -0.4 is 9.64 Å². The van der Waals surface area contributed by atoms with Crippen LogP contribution in [0.1, 0.15) is 24.4 Å². The highest BCUT2D eigenvalue weighted by atomic mass is 32.1. The highest BCUT2D eigenvalue weighted by Gasteiger charge is 2.42. The van der Waals surface area contributed by atoms with Crippen molar-refractivity contribution in [1.29, 1.82) is 0 Å². The zero-order chi connectivity index (χ0) is 23.2. The van der Waals surface area contributed by atoms with Gasteiger partial charge in [0.15, 0.2) is 11.5 Å². The largest absolute Gasteiger partial charge is 0.435 e. The molecule has 2 aliphatic rings. The monoisotopic (exact) mass is 481 g/mol. The van der Waals surface area contributed by atoms with E-state index in [1.165, 1.54) is 17.8 Å². The molecule has 0 spiro atoms. The predicted octanol–water partition coefficient (Wildman–Crippen LogP) is 5.47. The lowest BCUT2D eigenvalue weighted by Gasteiger charge is -2.38. The standard InChI is InChI=1S/C25H25F2N5OS/c1-15-11-23(34-30-15)31-13-17-4-5-18(14-31)21(17)12-22-28-24-20(3-2-10-32(24)29-22)16-6-8-19(9-7-16)33-25(26)27/h2-3,6-11,17-18,21,25H,4-5,12-14H2,1H3/t17-,18+,21?. The van der Waals surface area contributed by atoms with Gasteiger partial charge in [0, 0.05) is 31.3 Å². The molecule has 6 nitrogen and oxygen atoms in total. The lowest BCUT2D eigenvalue weighted by molar-refractivity contribution is -0.0498. The molecule has 4 aromatic rings. The summed E-state index contributed by atoms with van der Waals surface area (Å²) in [5.41, 5.74) is 3.68. The fraction of sp³-hybridized carbons (Fsp3) is 0.400. The number of hydrogen-bond donors (Lipinski definition) is 0. The first-order chi connectivity index (χ1) is 16.5. The molecule has 1 saturated heterocycles. The second kappa shape index (κ2) is 8.61. The van der Waals surface area contributed by atoms with Gasteiger partial charge in [-0.3, -0.25) is 0 Å². The number of hydrogen-bond acceptors (Lipinski definition) is 6. The first kappa shape index (κ1) is 21.5. The molecule has 0 radical (unpaired) electrons. The number of piperidine rings is 1. The summed E-state index contributed by atoms with van der Waals surface area (Å²) < 4.78 is 35.7. The molecule has 1 aliphatic carbocycles. The van der Waals surface area contributed by atoms with E-state index >= 15 is 0 Å². The molecule has 0 N–H and O–H groups in total. The predicted molar refractivity (Wildman–Crippen MR) is 128 cm³/mol. The van der Waals surface area contributed by atoms with Crippen LogP contribution in [0, 0.1) is 24.7 Å². The number of ether oxygens (including phenoxy) is 1. The zero-order valence-corrected chi connectivity index (χ0v) is 19.6. The minimum absolute atomic E-state index is 0.142. The van der Waals surface area contributed by atoms with Gasteiger partial charge in [-0.05, 0) is 84.9 Å². The highest BCUT2D eigenvalue weighted by Crippen LogP contribution is 2.45. The Labute approximate surface area is 200 Å². The van der Waals surface area contributed by atoms with E-state index < -0.39 is 6.61 Å². The Balaban J connectivity index is 1.22. The molecule has 1 aromatic carbocycles. The molecule has 9 heteroatoms. The number of benzene rings is 1. The Morgan fingerprint density at radius 1 is 1.12 bits per heavy atom. The summed E-state index contributed by atoms with van der Waals surface area (Å²) in [4.78, 5) is 7.42. The minimum Gasteiger partial charge on any atom is -0.435 e. The normalized spacial score (nSPS) is 22.1. The molecule has 3 aromatic heterocycles. The molecule has 1 saturated carbocycles. The van der Waals surface area contributed by atoms with Crippen LogP contribution in [0.15, 0.2) is 48.7 Å². The average molecular weight is 482 g/mol. The van der Waals surface area contributed by atoms with Crippen LogP contribution in [0.3, 0.4) is 0 Å². The molecule has 2 bridgehead atoms. The van der Waals surface area contributed by atoms with Crippen molar-refractivity contribution in [1.82, 2.24) is 19.0 Å². The molecule has 2 fully saturated rings. The van der Waals surface area contributed by atoms with Gasteiger partial charge >= 0.3 is 6.61 Å². The van der Waals surface area contributed by atoms with Gasteiger partial charge in [-0.15, -0.1) is 0 Å². The molecular weight excluding hydrogens is 456 g/mol. The van der Waals surface area contributed by atoms with Crippen molar-refractivity contribution in [2.45, 2.75) is 32.8 Å². The summed E-state index contributed by atoms with van der Waals surface area (Å²) in [6.45, 7) is 1.38. The summed E-state index contributed by atoms with van der Waals surface area (Å²) in [6.07, 6.45) is 5.31. The van der Waals surface area contributed by atoms with Gasteiger partial charge < -0.3 is 9.64 Å². The van der Waals surface area contributed by atoms with Crippen LogP contribution in [0.2, 0.25) is 0 Å². The van der Waals surface area contributed by atoms with Crippen LogP contribution >= 0.6 is 11.5 Å². The Bertz CT molecular complexity index is 1290. The third-order valence-electron chi connectivity index (χ3n) is 7.17. The van der Waals surface area contributed by atoms with Crippen LogP contribution in [0.25, 0.3) is 16.8 Å². The van der Waals surface area contributed by atoms with Crippen molar-refractivity contribution in [2.24, 2.45) is 17.8 Å². The number of nitrogens with zero attached hydrogens (tertiary/aromatic N) is 5. The maximum absolute atomic E-state index is 12.5. The van der Waals surface area contributed by atoms with Gasteiger partial charge in [0.2, 0.25) is 0 Å². The van der Waals surface area contributed by atoms with E-state index in [1.807, 2.05) is 22.8 Å². The Morgan fingerprint density at radius 2 is 1.88 bits per heavy atom. The lowest BCUT2D eigenvalue weighted by atomic mass is 9.82. The third-order valence-corrected chi connectivity index (χ3v) is 8.11. The number of halogens is 2. The molecule has 176 valence electrons. The van der Waals surface area contributed by atoms with E-state index in [0.717, 1.165) is 47.8 Å². The van der Waals surface area contributed by atoms with E-state index in [9.17, 15) is 8.78 Å². The van der Waals surface area contributed by atoms with Crippen molar-refractivity contribution >= 4 is 22.2 Å². The topological polar surface area (TPSA) is 55.6 Å². The number of rotatable bonds is 6. The summed E-state index contributed by atoms with van der Waals surface area (Å²) in [7, 11) is 0. The maximum atomic E-state index is 12.5. The molecular formula is C25H25F2N5OS. The van der Waals surface area contributed by atoms with Gasteiger partial charge in [-0.25, -0.2) is 9.50 Å². The maximum Gasteiger partial charge on any atom is 0.387 e. The second-order valence-corrected chi connectivity index (χ2v) is 10.1. The number of anilines is 1. The van der Waals surface area contributed by atoms with E-state index in [2.05, 4.69) is 27.0 Å². The molecule has 6 rings (SSSR count). The first-order valence-electron chi connectivity index (χ1n) is 11.6. The third kappa shape index (κ3) is 4.02.